The van der Waals surface area contributed by atoms with E-state index in [-0.39, 0.29) is 0 Å². The van der Waals surface area contributed by atoms with E-state index < -0.39 is 0 Å². The lowest BCUT2D eigenvalue weighted by Gasteiger charge is -2.33. The summed E-state index contributed by atoms with van der Waals surface area (Å²) in [5.74, 6) is 0. The lowest BCUT2D eigenvalue weighted by Crippen LogP contribution is -2.33. The van der Waals surface area contributed by atoms with Gasteiger partial charge >= 0.3 is 0 Å². The van der Waals surface area contributed by atoms with Crippen LogP contribution < -0.4 is 5.32 Å². The van der Waals surface area contributed by atoms with Crippen LogP contribution in [0.3, 0.4) is 0 Å². The van der Waals surface area contributed by atoms with Crippen molar-refractivity contribution in [2.75, 3.05) is 6.54 Å². The van der Waals surface area contributed by atoms with Crippen molar-refractivity contribution in [3.05, 3.63) is 24.0 Å². The molecule has 1 aromatic rings. The van der Waals surface area contributed by atoms with Gasteiger partial charge in [0.25, 0.3) is 0 Å². The predicted molar refractivity (Wildman–Crippen MR) is 63.7 cm³/mol. The van der Waals surface area contributed by atoms with Gasteiger partial charge in [0.15, 0.2) is 0 Å². The molecular weight excluding hydrogens is 184 g/mol. The highest BCUT2D eigenvalue weighted by Crippen LogP contribution is 2.34. The molecule has 0 radical (unpaired) electrons. The Bertz CT molecular complexity index is 271. The molecule has 2 heteroatoms. The van der Waals surface area contributed by atoms with E-state index in [9.17, 15) is 0 Å². The molecule has 2 N–H and O–H groups in total. The molecule has 0 amide bonds. The summed E-state index contributed by atoms with van der Waals surface area (Å²) in [6, 6.07) is 2.14. The van der Waals surface area contributed by atoms with Gasteiger partial charge in [-0.2, -0.15) is 0 Å². The molecule has 2 rings (SSSR count). The molecule has 1 heterocycles. The number of H-pyrrole nitrogens is 1. The summed E-state index contributed by atoms with van der Waals surface area (Å²) in [6.45, 7) is 4.59. The minimum atomic E-state index is 0.550. The van der Waals surface area contributed by atoms with Crippen LogP contribution in [0.15, 0.2) is 18.5 Å². The molecule has 1 aliphatic rings. The predicted octanol–water partition coefficient (Wildman–Crippen LogP) is 3.07. The highest BCUT2D eigenvalue weighted by atomic mass is 14.9. The maximum absolute atomic E-state index is 3.58. The molecule has 0 aromatic carbocycles. The van der Waals surface area contributed by atoms with Crippen molar-refractivity contribution in [2.24, 2.45) is 5.41 Å². The first-order valence-corrected chi connectivity index (χ1v) is 6.11. The Morgan fingerprint density at radius 1 is 1.33 bits per heavy atom. The third-order valence-corrected chi connectivity index (χ3v) is 3.60. The molecule has 2 nitrogen and oxygen atoms in total. The van der Waals surface area contributed by atoms with Gasteiger partial charge in [-0.25, -0.2) is 0 Å². The van der Waals surface area contributed by atoms with Gasteiger partial charge in [-0.15, -0.1) is 0 Å². The summed E-state index contributed by atoms with van der Waals surface area (Å²) in [4.78, 5) is 3.09. The van der Waals surface area contributed by atoms with E-state index in [0.717, 1.165) is 13.1 Å². The topological polar surface area (TPSA) is 27.8 Å². The summed E-state index contributed by atoms with van der Waals surface area (Å²) in [5.41, 5.74) is 1.91. The van der Waals surface area contributed by atoms with Gasteiger partial charge in [0.2, 0.25) is 0 Å². The fourth-order valence-corrected chi connectivity index (χ4v) is 2.56. The molecule has 0 aliphatic heterocycles. The van der Waals surface area contributed by atoms with E-state index in [0.29, 0.717) is 5.41 Å². The van der Waals surface area contributed by atoms with Crippen molar-refractivity contribution in [2.45, 2.75) is 45.6 Å². The molecular formula is C13H22N2. The van der Waals surface area contributed by atoms with E-state index in [4.69, 9.17) is 0 Å². The average molecular weight is 206 g/mol. The number of hydrogen-bond donors (Lipinski definition) is 2. The molecule has 1 saturated carbocycles. The smallest absolute Gasteiger partial charge is 0.0220 e. The molecule has 0 unspecified atom stereocenters. The number of hydrogen-bond acceptors (Lipinski definition) is 1. The minimum Gasteiger partial charge on any atom is -0.367 e. The maximum Gasteiger partial charge on any atom is 0.0220 e. The van der Waals surface area contributed by atoms with Crippen LogP contribution in [0.4, 0.5) is 0 Å². The van der Waals surface area contributed by atoms with E-state index in [1.807, 2.05) is 6.20 Å². The fourth-order valence-electron chi connectivity index (χ4n) is 2.56. The number of aromatic amines is 1. The van der Waals surface area contributed by atoms with Crippen LogP contribution in [-0.2, 0) is 6.54 Å². The molecule has 0 bridgehead atoms. The van der Waals surface area contributed by atoms with Crippen molar-refractivity contribution < 1.29 is 0 Å². The molecule has 1 aromatic heterocycles. The first-order valence-electron chi connectivity index (χ1n) is 6.11. The molecule has 0 atom stereocenters. The highest BCUT2D eigenvalue weighted by Gasteiger charge is 2.25. The summed E-state index contributed by atoms with van der Waals surface area (Å²) >= 11 is 0. The Labute approximate surface area is 92.5 Å². The van der Waals surface area contributed by atoms with Crippen molar-refractivity contribution in [3.63, 3.8) is 0 Å². The second kappa shape index (κ2) is 4.84. The van der Waals surface area contributed by atoms with Gasteiger partial charge in [0.05, 0.1) is 0 Å². The number of rotatable bonds is 4. The molecule has 1 aliphatic carbocycles. The summed E-state index contributed by atoms with van der Waals surface area (Å²) in [7, 11) is 0. The first kappa shape index (κ1) is 10.7. The maximum atomic E-state index is 3.58. The van der Waals surface area contributed by atoms with E-state index in [2.05, 4.69) is 29.5 Å². The van der Waals surface area contributed by atoms with Gasteiger partial charge in [-0.1, -0.05) is 26.2 Å². The third-order valence-electron chi connectivity index (χ3n) is 3.60. The van der Waals surface area contributed by atoms with E-state index >= 15 is 0 Å². The summed E-state index contributed by atoms with van der Waals surface area (Å²) in [5, 5.41) is 3.58. The Balaban J connectivity index is 1.72. The quantitative estimate of drug-likeness (QED) is 0.778. The molecule has 15 heavy (non-hydrogen) atoms. The van der Waals surface area contributed by atoms with Crippen LogP contribution in [0.25, 0.3) is 0 Å². The van der Waals surface area contributed by atoms with Crippen LogP contribution in [-0.4, -0.2) is 11.5 Å². The SMILES string of the molecule is CC1(CNCc2cc[nH]c2)CCCCC1. The van der Waals surface area contributed by atoms with Crippen molar-refractivity contribution >= 4 is 0 Å². The van der Waals surface area contributed by atoms with Gasteiger partial charge in [0, 0.05) is 25.5 Å². The standard InChI is InChI=1S/C13H22N2/c1-13(6-3-2-4-7-13)11-15-10-12-5-8-14-9-12/h5,8-9,14-15H,2-4,6-7,10-11H2,1H3. The van der Waals surface area contributed by atoms with Gasteiger partial charge < -0.3 is 10.3 Å². The van der Waals surface area contributed by atoms with Crippen LogP contribution in [0.1, 0.15) is 44.6 Å². The molecule has 0 spiro atoms. The van der Waals surface area contributed by atoms with Gasteiger partial charge in [-0.3, -0.25) is 0 Å². The highest BCUT2D eigenvalue weighted by molar-refractivity contribution is 5.07. The first-order chi connectivity index (χ1) is 7.29. The van der Waals surface area contributed by atoms with Crippen LogP contribution in [0.2, 0.25) is 0 Å². The largest absolute Gasteiger partial charge is 0.367 e. The Kier molecular flexibility index (Phi) is 3.47. The zero-order chi connectivity index (χ0) is 10.6. The monoisotopic (exact) mass is 206 g/mol. The van der Waals surface area contributed by atoms with Crippen molar-refractivity contribution in [3.8, 4) is 0 Å². The molecule has 84 valence electrons. The molecule has 0 saturated heterocycles. The molecule has 1 fully saturated rings. The summed E-state index contributed by atoms with van der Waals surface area (Å²) < 4.78 is 0. The third kappa shape index (κ3) is 3.10. The van der Waals surface area contributed by atoms with E-state index in [1.54, 1.807) is 0 Å². The Hall–Kier alpha value is -0.760. The Morgan fingerprint density at radius 3 is 2.80 bits per heavy atom. The average Bonchev–Trinajstić information content (AvgIpc) is 2.71. The van der Waals surface area contributed by atoms with Crippen LogP contribution in [0, 0.1) is 5.41 Å². The number of nitrogens with one attached hydrogen (secondary N) is 2. The number of aromatic nitrogens is 1. The fraction of sp³-hybridized carbons (Fsp3) is 0.692. The summed E-state index contributed by atoms with van der Waals surface area (Å²) in [6.07, 6.45) is 11.1. The zero-order valence-electron chi connectivity index (χ0n) is 9.68. The lowest BCUT2D eigenvalue weighted by molar-refractivity contribution is 0.207. The van der Waals surface area contributed by atoms with Crippen LogP contribution >= 0.6 is 0 Å². The van der Waals surface area contributed by atoms with Crippen molar-refractivity contribution in [1.29, 1.82) is 0 Å². The van der Waals surface area contributed by atoms with Crippen LogP contribution in [0.5, 0.6) is 0 Å². The second-order valence-electron chi connectivity index (χ2n) is 5.19. The van der Waals surface area contributed by atoms with Gasteiger partial charge in [-0.05, 0) is 29.9 Å². The normalized spacial score (nSPS) is 20.3. The van der Waals surface area contributed by atoms with Gasteiger partial charge in [0.1, 0.15) is 0 Å². The second-order valence-corrected chi connectivity index (χ2v) is 5.19. The Morgan fingerprint density at radius 2 is 2.13 bits per heavy atom. The lowest BCUT2D eigenvalue weighted by atomic mass is 9.76. The zero-order valence-corrected chi connectivity index (χ0v) is 9.68. The minimum absolute atomic E-state index is 0.550. The van der Waals surface area contributed by atoms with E-state index in [1.165, 1.54) is 37.7 Å². The van der Waals surface area contributed by atoms with Crippen molar-refractivity contribution in [1.82, 2.24) is 10.3 Å².